The Balaban J connectivity index is 1.92. The normalized spacial score (nSPS) is 13.8. The molecule has 0 N–H and O–H groups in total. The minimum absolute atomic E-state index is 1.05. The lowest BCUT2D eigenvalue weighted by Crippen LogP contribution is -1.91. The van der Waals surface area contributed by atoms with Gasteiger partial charge in [0, 0.05) is 5.56 Å². The molecule has 0 aliphatic rings. The Kier molecular flexibility index (Phi) is 13.0. The zero-order valence-corrected chi connectivity index (χ0v) is 26.2. The van der Waals surface area contributed by atoms with E-state index in [1.807, 2.05) is 0 Å². The van der Waals surface area contributed by atoms with Gasteiger partial charge in [-0.2, -0.15) is 0 Å². The number of allylic oxidation sites excluding steroid dienone is 15. The third-order valence-electron chi connectivity index (χ3n) is 7.21. The number of hydrogen-bond acceptors (Lipinski definition) is 0. The molecule has 0 heteroatoms. The first-order valence-corrected chi connectivity index (χ1v) is 14.0. The second kappa shape index (κ2) is 16.1. The third kappa shape index (κ3) is 10.6. The minimum atomic E-state index is 1.05. The summed E-state index contributed by atoms with van der Waals surface area (Å²) in [6.45, 7) is 21.3. The summed E-state index contributed by atoms with van der Waals surface area (Å²) in [5.41, 5.74) is 14.9. The van der Waals surface area contributed by atoms with Crippen molar-refractivity contribution in [1.82, 2.24) is 0 Å². The summed E-state index contributed by atoms with van der Waals surface area (Å²) in [6, 6.07) is 8.69. The average molecular weight is 527 g/mol. The number of benzene rings is 2. The Morgan fingerprint density at radius 2 is 1.02 bits per heavy atom. The van der Waals surface area contributed by atoms with Crippen molar-refractivity contribution in [2.24, 2.45) is 0 Å². The molecular formula is C40H46. The molecule has 0 nitrogen and oxygen atoms in total. The van der Waals surface area contributed by atoms with Crippen LogP contribution in [0.15, 0.2) is 113 Å². The van der Waals surface area contributed by atoms with Gasteiger partial charge < -0.3 is 0 Å². The minimum Gasteiger partial charge on any atom is -0.0664 e. The van der Waals surface area contributed by atoms with Gasteiger partial charge in [-0.15, -0.1) is 0 Å². The monoisotopic (exact) mass is 526 g/mol. The molecule has 0 amide bonds. The molecule has 0 unspecified atom stereocenters. The molecule has 0 bridgehead atoms. The fourth-order valence-electron chi connectivity index (χ4n) is 4.00. The van der Waals surface area contributed by atoms with Crippen molar-refractivity contribution in [3.8, 4) is 11.8 Å². The standard InChI is InChI=1S/C40H46/c1-29(17-13-19-31(3)21-26-39-27-25-33(5)36(8)38(39)10)15-11-12-16-30(2)18-14-20-32(4)22-28-40-35(7)24-23-34(6)37(40)9/h11-21,23-27H,1-10H3/b12-11+,17-13?,18-14+,26-21?,29-15?,30-16+,31-19?,32-20+. The van der Waals surface area contributed by atoms with E-state index >= 15 is 0 Å². The van der Waals surface area contributed by atoms with Gasteiger partial charge in [0.25, 0.3) is 0 Å². The number of hydrogen-bond donors (Lipinski definition) is 0. The zero-order chi connectivity index (χ0) is 29.7. The first kappa shape index (κ1) is 32.1. The summed E-state index contributed by atoms with van der Waals surface area (Å²) < 4.78 is 0. The van der Waals surface area contributed by atoms with Crippen LogP contribution in [-0.2, 0) is 0 Å². The summed E-state index contributed by atoms with van der Waals surface area (Å²) in [4.78, 5) is 0. The molecule has 0 fully saturated rings. The summed E-state index contributed by atoms with van der Waals surface area (Å²) >= 11 is 0. The number of rotatable bonds is 8. The van der Waals surface area contributed by atoms with Crippen LogP contribution >= 0.6 is 0 Å². The summed E-state index contributed by atoms with van der Waals surface area (Å²) in [5.74, 6) is 6.65. The Morgan fingerprint density at radius 1 is 0.525 bits per heavy atom. The van der Waals surface area contributed by atoms with E-state index in [0.29, 0.717) is 0 Å². The molecule has 0 spiro atoms. The lowest BCUT2D eigenvalue weighted by molar-refractivity contribution is 1.26. The highest BCUT2D eigenvalue weighted by Crippen LogP contribution is 2.19. The van der Waals surface area contributed by atoms with Crippen LogP contribution < -0.4 is 0 Å². The molecule has 0 saturated heterocycles. The second-order valence-corrected chi connectivity index (χ2v) is 10.7. The summed E-state index contributed by atoms with van der Waals surface area (Å²) in [6.07, 6.45) is 25.4. The lowest BCUT2D eigenvalue weighted by Gasteiger charge is -2.07. The second-order valence-electron chi connectivity index (χ2n) is 10.7. The maximum Gasteiger partial charge on any atom is 0.0309 e. The molecule has 0 radical (unpaired) electrons. The smallest absolute Gasteiger partial charge is 0.0309 e. The first-order valence-electron chi connectivity index (χ1n) is 14.0. The van der Waals surface area contributed by atoms with Gasteiger partial charge in [0.1, 0.15) is 0 Å². The van der Waals surface area contributed by atoms with Gasteiger partial charge in [-0.05, 0) is 114 Å². The van der Waals surface area contributed by atoms with E-state index in [1.54, 1.807) is 0 Å². The molecule has 0 aliphatic carbocycles. The molecule has 2 aromatic carbocycles. The van der Waals surface area contributed by atoms with Gasteiger partial charge in [0.05, 0.1) is 0 Å². The predicted molar refractivity (Wildman–Crippen MR) is 180 cm³/mol. The van der Waals surface area contributed by atoms with E-state index < -0.39 is 0 Å². The van der Waals surface area contributed by atoms with Crippen LogP contribution in [0.1, 0.15) is 72.2 Å². The SMILES string of the molecule is CC(C=Cc1ccc(C)c(C)c1C)=CC=CC(C)=C/C=C/C=C(C)/C=C/C=C(\C)C#Cc1c(C)ccc(C)c1C. The van der Waals surface area contributed by atoms with Crippen LogP contribution in [-0.4, -0.2) is 0 Å². The highest BCUT2D eigenvalue weighted by atomic mass is 14.1. The van der Waals surface area contributed by atoms with Gasteiger partial charge in [-0.25, -0.2) is 0 Å². The van der Waals surface area contributed by atoms with Crippen molar-refractivity contribution in [3.05, 3.63) is 158 Å². The Hall–Kier alpha value is -4.08. The van der Waals surface area contributed by atoms with Crippen LogP contribution in [0.5, 0.6) is 0 Å². The first-order chi connectivity index (χ1) is 19.0. The van der Waals surface area contributed by atoms with E-state index in [4.69, 9.17) is 0 Å². The van der Waals surface area contributed by atoms with Crippen LogP contribution in [0.2, 0.25) is 0 Å². The summed E-state index contributed by atoms with van der Waals surface area (Å²) in [7, 11) is 0. The molecule has 0 saturated carbocycles. The highest BCUT2D eigenvalue weighted by Gasteiger charge is 2.02. The fourth-order valence-corrected chi connectivity index (χ4v) is 4.00. The summed E-state index contributed by atoms with van der Waals surface area (Å²) in [5, 5.41) is 0. The molecule has 206 valence electrons. The largest absolute Gasteiger partial charge is 0.0664 e. The lowest BCUT2D eigenvalue weighted by atomic mass is 9.98. The molecule has 2 aromatic rings. The topological polar surface area (TPSA) is 0 Å². The Bertz CT molecular complexity index is 1510. The molecule has 0 atom stereocenters. The van der Waals surface area contributed by atoms with Crippen LogP contribution in [0.4, 0.5) is 0 Å². The molecule has 0 aliphatic heterocycles. The maximum atomic E-state index is 3.35. The van der Waals surface area contributed by atoms with E-state index in [2.05, 4.69) is 178 Å². The number of aryl methyl sites for hydroxylation is 3. The van der Waals surface area contributed by atoms with E-state index in [-0.39, 0.29) is 0 Å². The van der Waals surface area contributed by atoms with Gasteiger partial charge in [-0.1, -0.05) is 126 Å². The molecule has 2 rings (SSSR count). The van der Waals surface area contributed by atoms with Crippen LogP contribution in [0.3, 0.4) is 0 Å². The molecule has 0 heterocycles. The predicted octanol–water partition coefficient (Wildman–Crippen LogP) is 11.1. The quantitative estimate of drug-likeness (QED) is 0.237. The van der Waals surface area contributed by atoms with E-state index in [1.165, 1.54) is 55.7 Å². The molecule has 40 heavy (non-hydrogen) atoms. The van der Waals surface area contributed by atoms with Gasteiger partial charge >= 0.3 is 0 Å². The maximum absolute atomic E-state index is 3.35. The van der Waals surface area contributed by atoms with Crippen LogP contribution in [0, 0.1) is 53.4 Å². The fraction of sp³-hybridized carbons (Fsp3) is 0.250. The Labute approximate surface area is 244 Å². The van der Waals surface area contributed by atoms with Crippen molar-refractivity contribution in [3.63, 3.8) is 0 Å². The molecule has 0 aromatic heterocycles. The van der Waals surface area contributed by atoms with E-state index in [0.717, 1.165) is 11.1 Å². The van der Waals surface area contributed by atoms with E-state index in [9.17, 15) is 0 Å². The van der Waals surface area contributed by atoms with Crippen molar-refractivity contribution in [2.45, 2.75) is 69.2 Å². The van der Waals surface area contributed by atoms with Gasteiger partial charge in [0.15, 0.2) is 0 Å². The van der Waals surface area contributed by atoms with Gasteiger partial charge in [0.2, 0.25) is 0 Å². The van der Waals surface area contributed by atoms with Crippen molar-refractivity contribution in [2.75, 3.05) is 0 Å². The van der Waals surface area contributed by atoms with Crippen molar-refractivity contribution < 1.29 is 0 Å². The van der Waals surface area contributed by atoms with Crippen molar-refractivity contribution >= 4 is 6.08 Å². The van der Waals surface area contributed by atoms with Crippen LogP contribution in [0.25, 0.3) is 6.08 Å². The van der Waals surface area contributed by atoms with Gasteiger partial charge in [-0.3, -0.25) is 0 Å². The Morgan fingerprint density at radius 3 is 1.68 bits per heavy atom. The van der Waals surface area contributed by atoms with Crippen molar-refractivity contribution in [1.29, 1.82) is 0 Å². The molecular weight excluding hydrogens is 480 g/mol. The third-order valence-corrected chi connectivity index (χ3v) is 7.21. The highest BCUT2D eigenvalue weighted by molar-refractivity contribution is 5.59. The zero-order valence-electron chi connectivity index (χ0n) is 26.2. The average Bonchev–Trinajstić information content (AvgIpc) is 2.91.